The van der Waals surface area contributed by atoms with Crippen LogP contribution in [0.25, 0.3) is 0 Å². The van der Waals surface area contributed by atoms with Crippen molar-refractivity contribution in [3.63, 3.8) is 0 Å². The minimum absolute atomic E-state index is 0.160. The smallest absolute Gasteiger partial charge is 0.0486 e. The third-order valence-corrected chi connectivity index (χ3v) is 8.21. The van der Waals surface area contributed by atoms with Gasteiger partial charge in [-0.25, -0.2) is 5.01 Å². The Hall–Kier alpha value is -0.240. The van der Waals surface area contributed by atoms with Crippen molar-refractivity contribution in [3.05, 3.63) is 0 Å². The third-order valence-electron chi connectivity index (χ3n) is 8.21. The predicted molar refractivity (Wildman–Crippen MR) is 121 cm³/mol. The molecule has 2 bridgehead atoms. The number of rotatable bonds is 1. The van der Waals surface area contributed by atoms with Crippen LogP contribution in [0, 0.1) is 0 Å². The summed E-state index contributed by atoms with van der Waals surface area (Å²) in [6.45, 7) is 24.1. The first kappa shape index (κ1) is 22.0. The van der Waals surface area contributed by atoms with Gasteiger partial charge >= 0.3 is 0 Å². The fraction of sp³-hybridized carbons (Fsp3) is 1.00. The van der Waals surface area contributed by atoms with Crippen molar-refractivity contribution in [2.24, 2.45) is 0 Å². The van der Waals surface area contributed by atoms with Gasteiger partial charge in [0.05, 0.1) is 0 Å². The molecule has 4 aliphatic rings. The lowest BCUT2D eigenvalue weighted by atomic mass is 9.85. The van der Waals surface area contributed by atoms with Gasteiger partial charge in [-0.2, -0.15) is 0 Å². The Morgan fingerprint density at radius 3 is 2.38 bits per heavy atom. The molecule has 0 aromatic heterocycles. The van der Waals surface area contributed by atoms with Crippen LogP contribution in [-0.2, 0) is 0 Å². The molecule has 4 unspecified atom stereocenters. The van der Waals surface area contributed by atoms with Crippen LogP contribution in [-0.4, -0.2) is 101 Å². The molecular formula is C23H46N6. The fourth-order valence-electron chi connectivity index (χ4n) is 6.63. The molecule has 6 heteroatoms. The normalized spacial score (nSPS) is 40.6. The average molecular weight is 407 g/mol. The minimum atomic E-state index is 0.160. The Morgan fingerprint density at radius 2 is 1.69 bits per heavy atom. The molecule has 4 heterocycles. The van der Waals surface area contributed by atoms with Gasteiger partial charge in [-0.1, -0.05) is 0 Å². The molecule has 0 radical (unpaired) electrons. The molecule has 4 aliphatic heterocycles. The Labute approximate surface area is 179 Å². The van der Waals surface area contributed by atoms with Crippen LogP contribution in [0.1, 0.15) is 67.2 Å². The number of nitrogens with one attached hydrogen (secondary N) is 2. The van der Waals surface area contributed by atoms with Crippen LogP contribution in [0.4, 0.5) is 0 Å². The van der Waals surface area contributed by atoms with Gasteiger partial charge in [0.1, 0.15) is 0 Å². The Morgan fingerprint density at radius 1 is 0.897 bits per heavy atom. The van der Waals surface area contributed by atoms with Crippen molar-refractivity contribution in [2.45, 2.75) is 95.9 Å². The summed E-state index contributed by atoms with van der Waals surface area (Å²) >= 11 is 0. The van der Waals surface area contributed by atoms with E-state index < -0.39 is 0 Å². The number of fused-ring (bicyclic) bond motifs is 3. The summed E-state index contributed by atoms with van der Waals surface area (Å²) in [5.41, 5.74) is 4.48. The third kappa shape index (κ3) is 4.53. The molecule has 4 atom stereocenters. The maximum atomic E-state index is 3.81. The van der Waals surface area contributed by atoms with E-state index in [1.165, 1.54) is 58.4 Å². The molecule has 0 saturated carbocycles. The average Bonchev–Trinajstić information content (AvgIpc) is 3.30. The first-order valence-electron chi connectivity index (χ1n) is 12.1. The van der Waals surface area contributed by atoms with Crippen LogP contribution < -0.4 is 10.7 Å². The van der Waals surface area contributed by atoms with E-state index in [2.05, 4.69) is 72.0 Å². The maximum absolute atomic E-state index is 3.81. The largest absolute Gasteiger partial charge is 0.303 e. The van der Waals surface area contributed by atoms with E-state index in [0.29, 0.717) is 12.1 Å². The van der Waals surface area contributed by atoms with Gasteiger partial charge in [-0.05, 0) is 67.2 Å². The van der Waals surface area contributed by atoms with Gasteiger partial charge in [-0.15, -0.1) is 0 Å². The quantitative estimate of drug-likeness (QED) is 0.693. The van der Waals surface area contributed by atoms with Gasteiger partial charge in [0.25, 0.3) is 0 Å². The molecular weight excluding hydrogens is 360 g/mol. The molecule has 0 spiro atoms. The molecule has 0 amide bonds. The summed E-state index contributed by atoms with van der Waals surface area (Å²) in [7, 11) is 0. The van der Waals surface area contributed by atoms with Crippen molar-refractivity contribution in [1.82, 2.24) is 30.5 Å². The monoisotopic (exact) mass is 406 g/mol. The van der Waals surface area contributed by atoms with E-state index in [-0.39, 0.29) is 16.6 Å². The lowest BCUT2D eigenvalue weighted by Crippen LogP contribution is -2.62. The second-order valence-electron chi connectivity index (χ2n) is 11.9. The van der Waals surface area contributed by atoms with Crippen LogP contribution in [0.3, 0.4) is 0 Å². The molecule has 0 aliphatic carbocycles. The highest BCUT2D eigenvalue weighted by molar-refractivity contribution is 5.02. The van der Waals surface area contributed by atoms with E-state index >= 15 is 0 Å². The highest BCUT2D eigenvalue weighted by Gasteiger charge is 2.46. The molecule has 0 aromatic rings. The zero-order valence-electron chi connectivity index (χ0n) is 19.9. The number of piperazine rings is 1. The zero-order valence-corrected chi connectivity index (χ0v) is 19.9. The van der Waals surface area contributed by atoms with Crippen molar-refractivity contribution >= 4 is 0 Å². The Balaban J connectivity index is 1.63. The second-order valence-corrected chi connectivity index (χ2v) is 11.9. The second kappa shape index (κ2) is 8.03. The van der Waals surface area contributed by atoms with E-state index in [1.807, 2.05) is 0 Å². The van der Waals surface area contributed by atoms with E-state index in [9.17, 15) is 0 Å². The van der Waals surface area contributed by atoms with Crippen LogP contribution in [0.15, 0.2) is 0 Å². The first-order chi connectivity index (χ1) is 13.6. The maximum Gasteiger partial charge on any atom is 0.0486 e. The summed E-state index contributed by atoms with van der Waals surface area (Å²) < 4.78 is 0. The number of nitrogens with zero attached hydrogens (tertiary/aromatic N) is 4. The molecule has 2 N–H and O–H groups in total. The van der Waals surface area contributed by atoms with Crippen LogP contribution in [0.5, 0.6) is 0 Å². The van der Waals surface area contributed by atoms with E-state index in [0.717, 1.165) is 19.8 Å². The number of hydrogen-bond donors (Lipinski definition) is 2. The molecule has 4 rings (SSSR count). The SMILES string of the molecule is CC(C)(C)N1CCN2CCC(C)(N3CCNC3)CC3CCNN3C(C)(C)CC1C2. The Kier molecular flexibility index (Phi) is 6.08. The topological polar surface area (TPSA) is 37.0 Å². The lowest BCUT2D eigenvalue weighted by molar-refractivity contribution is -0.0314. The summed E-state index contributed by atoms with van der Waals surface area (Å²) in [6.07, 6.45) is 5.05. The summed E-state index contributed by atoms with van der Waals surface area (Å²) in [6, 6.07) is 1.26. The molecule has 0 aromatic carbocycles. The highest BCUT2D eigenvalue weighted by Crippen LogP contribution is 2.37. The number of hydrazine groups is 1. The number of hydrogen-bond acceptors (Lipinski definition) is 6. The van der Waals surface area contributed by atoms with E-state index in [1.54, 1.807) is 0 Å². The molecule has 29 heavy (non-hydrogen) atoms. The predicted octanol–water partition coefficient (Wildman–Crippen LogP) is 1.93. The van der Waals surface area contributed by atoms with Gasteiger partial charge < -0.3 is 10.2 Å². The van der Waals surface area contributed by atoms with Gasteiger partial charge in [0.15, 0.2) is 0 Å². The van der Waals surface area contributed by atoms with Gasteiger partial charge in [0, 0.05) is 81.2 Å². The molecule has 168 valence electrons. The zero-order chi connectivity index (χ0) is 20.9. The lowest BCUT2D eigenvalue weighted by Gasteiger charge is -2.51. The summed E-state index contributed by atoms with van der Waals surface area (Å²) in [5, 5.41) is 6.26. The van der Waals surface area contributed by atoms with Crippen molar-refractivity contribution in [1.29, 1.82) is 0 Å². The van der Waals surface area contributed by atoms with Gasteiger partial charge in [0.2, 0.25) is 0 Å². The van der Waals surface area contributed by atoms with Gasteiger partial charge in [-0.3, -0.25) is 15.2 Å². The van der Waals surface area contributed by atoms with E-state index in [4.69, 9.17) is 0 Å². The highest BCUT2D eigenvalue weighted by atomic mass is 15.6. The van der Waals surface area contributed by atoms with Crippen molar-refractivity contribution in [3.8, 4) is 0 Å². The Bertz CT molecular complexity index is 566. The molecule has 4 saturated heterocycles. The van der Waals surface area contributed by atoms with Crippen LogP contribution >= 0.6 is 0 Å². The first-order valence-corrected chi connectivity index (χ1v) is 12.1. The van der Waals surface area contributed by atoms with Crippen molar-refractivity contribution < 1.29 is 0 Å². The fourth-order valence-corrected chi connectivity index (χ4v) is 6.63. The minimum Gasteiger partial charge on any atom is -0.303 e. The summed E-state index contributed by atoms with van der Waals surface area (Å²) in [4.78, 5) is 8.30. The summed E-state index contributed by atoms with van der Waals surface area (Å²) in [5.74, 6) is 0. The molecule has 4 fully saturated rings. The van der Waals surface area contributed by atoms with Crippen LogP contribution in [0.2, 0.25) is 0 Å². The molecule has 6 nitrogen and oxygen atoms in total. The van der Waals surface area contributed by atoms with Crippen molar-refractivity contribution in [2.75, 3.05) is 52.5 Å². The standard InChI is InChI=1S/C23H46N6/c1-21(2,3)28-14-13-26-11-8-23(6,27-12-10-24-18-27)16-19-7-9-25-29(19)22(4,5)15-20(28)17-26/h19-20,24-25H,7-18H2,1-6H3.